The van der Waals surface area contributed by atoms with Gasteiger partial charge in [-0.15, -0.1) is 0 Å². The van der Waals surface area contributed by atoms with Crippen LogP contribution in [0.1, 0.15) is 22.7 Å². The van der Waals surface area contributed by atoms with Crippen molar-refractivity contribution in [2.75, 3.05) is 0 Å². The summed E-state index contributed by atoms with van der Waals surface area (Å²) in [4.78, 5) is 14.3. The highest BCUT2D eigenvalue weighted by molar-refractivity contribution is 6.42. The molecular formula is C11H5Cl2F2NO3. The summed E-state index contributed by atoms with van der Waals surface area (Å²) >= 11 is 11.5. The molecule has 0 atom stereocenters. The zero-order valence-corrected chi connectivity index (χ0v) is 10.5. The zero-order chi connectivity index (χ0) is 14.2. The number of hydrogen-bond donors (Lipinski definition) is 1. The Morgan fingerprint density at radius 2 is 2.00 bits per heavy atom. The van der Waals surface area contributed by atoms with E-state index in [1.807, 2.05) is 0 Å². The van der Waals surface area contributed by atoms with Gasteiger partial charge in [0.1, 0.15) is 0 Å². The van der Waals surface area contributed by atoms with Crippen LogP contribution in [0.15, 0.2) is 22.6 Å². The van der Waals surface area contributed by atoms with Gasteiger partial charge in [0.25, 0.3) is 6.43 Å². The topological polar surface area (TPSA) is 63.3 Å². The lowest BCUT2D eigenvalue weighted by Gasteiger charge is -1.98. The Bertz CT molecular complexity index is 643. The number of carbonyl (C=O) groups is 1. The number of nitrogens with zero attached hydrogens (tertiary/aromatic N) is 1. The molecule has 0 amide bonds. The Balaban J connectivity index is 2.54. The van der Waals surface area contributed by atoms with Gasteiger partial charge in [-0.25, -0.2) is 18.6 Å². The van der Waals surface area contributed by atoms with Crippen LogP contribution in [-0.4, -0.2) is 16.1 Å². The Hall–Kier alpha value is -1.66. The molecule has 0 saturated heterocycles. The summed E-state index contributed by atoms with van der Waals surface area (Å²) in [5.41, 5.74) is -0.669. The predicted molar refractivity (Wildman–Crippen MR) is 63.9 cm³/mol. The second kappa shape index (κ2) is 5.14. The van der Waals surface area contributed by atoms with Gasteiger partial charge < -0.3 is 9.52 Å². The van der Waals surface area contributed by atoms with Crippen molar-refractivity contribution in [3.8, 4) is 11.5 Å². The molecule has 0 spiro atoms. The fraction of sp³-hybridized carbons (Fsp3) is 0.0909. The van der Waals surface area contributed by atoms with E-state index >= 15 is 0 Å². The number of alkyl halides is 2. The Morgan fingerprint density at radius 3 is 2.47 bits per heavy atom. The van der Waals surface area contributed by atoms with Crippen LogP contribution in [0.4, 0.5) is 8.78 Å². The second-order valence-electron chi connectivity index (χ2n) is 3.47. The summed E-state index contributed by atoms with van der Waals surface area (Å²) in [6, 6.07) is 4.20. The fourth-order valence-electron chi connectivity index (χ4n) is 1.39. The van der Waals surface area contributed by atoms with E-state index in [0.717, 1.165) is 0 Å². The molecule has 1 aromatic carbocycles. The zero-order valence-electron chi connectivity index (χ0n) is 9.03. The molecule has 100 valence electrons. The molecule has 0 bridgehead atoms. The Kier molecular flexibility index (Phi) is 3.73. The third-order valence-electron chi connectivity index (χ3n) is 2.22. The van der Waals surface area contributed by atoms with E-state index in [4.69, 9.17) is 32.7 Å². The number of aromatic carboxylic acids is 1. The molecular weight excluding hydrogens is 303 g/mol. The van der Waals surface area contributed by atoms with E-state index in [-0.39, 0.29) is 21.5 Å². The molecule has 19 heavy (non-hydrogen) atoms. The van der Waals surface area contributed by atoms with Gasteiger partial charge in [-0.1, -0.05) is 23.2 Å². The molecule has 1 N–H and O–H groups in total. The van der Waals surface area contributed by atoms with E-state index in [1.54, 1.807) is 0 Å². The van der Waals surface area contributed by atoms with Gasteiger partial charge in [0, 0.05) is 5.56 Å². The number of oxazole rings is 1. The summed E-state index contributed by atoms with van der Waals surface area (Å²) in [6.45, 7) is 0. The summed E-state index contributed by atoms with van der Waals surface area (Å²) < 4.78 is 30.1. The maximum Gasteiger partial charge on any atom is 0.374 e. The van der Waals surface area contributed by atoms with Crippen LogP contribution >= 0.6 is 23.2 Å². The van der Waals surface area contributed by atoms with Gasteiger partial charge >= 0.3 is 5.97 Å². The molecule has 0 aliphatic heterocycles. The van der Waals surface area contributed by atoms with Gasteiger partial charge in [0.2, 0.25) is 11.7 Å². The normalized spacial score (nSPS) is 11.0. The maximum absolute atomic E-state index is 12.6. The van der Waals surface area contributed by atoms with Gasteiger partial charge in [0.15, 0.2) is 5.69 Å². The summed E-state index contributed by atoms with van der Waals surface area (Å²) in [6.07, 6.45) is -3.05. The first kappa shape index (κ1) is 13.8. The van der Waals surface area contributed by atoms with Crippen LogP contribution in [0, 0.1) is 0 Å². The lowest BCUT2D eigenvalue weighted by molar-refractivity contribution is 0.0647. The van der Waals surface area contributed by atoms with Crippen LogP contribution < -0.4 is 0 Å². The molecule has 0 radical (unpaired) electrons. The van der Waals surface area contributed by atoms with E-state index in [0.29, 0.717) is 0 Å². The highest BCUT2D eigenvalue weighted by Crippen LogP contribution is 2.31. The van der Waals surface area contributed by atoms with Crippen LogP contribution in [0.2, 0.25) is 10.0 Å². The monoisotopic (exact) mass is 307 g/mol. The van der Waals surface area contributed by atoms with Crippen molar-refractivity contribution in [2.24, 2.45) is 0 Å². The van der Waals surface area contributed by atoms with Crippen LogP contribution in [0.5, 0.6) is 0 Å². The molecule has 8 heteroatoms. The van der Waals surface area contributed by atoms with Crippen LogP contribution in [0.25, 0.3) is 11.5 Å². The fourth-order valence-corrected chi connectivity index (χ4v) is 1.68. The average Bonchev–Trinajstić information content (AvgIpc) is 2.78. The molecule has 2 aromatic rings. The van der Waals surface area contributed by atoms with Crippen molar-refractivity contribution in [2.45, 2.75) is 6.43 Å². The smallest absolute Gasteiger partial charge is 0.374 e. The van der Waals surface area contributed by atoms with Gasteiger partial charge in [-0.3, -0.25) is 0 Å². The molecule has 0 saturated carbocycles. The van der Waals surface area contributed by atoms with Gasteiger partial charge in [-0.05, 0) is 18.2 Å². The van der Waals surface area contributed by atoms with Gasteiger partial charge in [0.05, 0.1) is 10.0 Å². The molecule has 2 rings (SSSR count). The number of carboxylic acids is 1. The quantitative estimate of drug-likeness (QED) is 0.919. The van der Waals surface area contributed by atoms with Crippen molar-refractivity contribution in [3.63, 3.8) is 0 Å². The minimum absolute atomic E-state index is 0.174. The Labute approximate surface area is 115 Å². The van der Waals surface area contributed by atoms with E-state index in [9.17, 15) is 13.6 Å². The number of carboxylic acid groups (broad SMARTS) is 1. The van der Waals surface area contributed by atoms with Crippen molar-refractivity contribution >= 4 is 29.2 Å². The number of aromatic nitrogens is 1. The van der Waals surface area contributed by atoms with Crippen molar-refractivity contribution in [1.29, 1.82) is 0 Å². The Morgan fingerprint density at radius 1 is 1.32 bits per heavy atom. The number of halogens is 4. The summed E-state index contributed by atoms with van der Waals surface area (Å²) in [7, 11) is 0. The maximum atomic E-state index is 12.6. The molecule has 0 aliphatic rings. The minimum atomic E-state index is -3.05. The molecule has 0 aliphatic carbocycles. The molecule has 0 unspecified atom stereocenters. The van der Waals surface area contributed by atoms with E-state index < -0.39 is 23.8 Å². The van der Waals surface area contributed by atoms with Crippen molar-refractivity contribution in [3.05, 3.63) is 39.7 Å². The third kappa shape index (κ3) is 2.69. The predicted octanol–water partition coefficient (Wildman–Crippen LogP) is 4.28. The van der Waals surface area contributed by atoms with Crippen LogP contribution in [0.3, 0.4) is 0 Å². The highest BCUT2D eigenvalue weighted by atomic mass is 35.5. The summed E-state index contributed by atoms with van der Waals surface area (Å²) in [5.74, 6) is -2.77. The van der Waals surface area contributed by atoms with Crippen molar-refractivity contribution in [1.82, 2.24) is 4.98 Å². The minimum Gasteiger partial charge on any atom is -0.475 e. The standard InChI is InChI=1S/C11H5Cl2F2NO3/c12-5-2-1-4(3-6(5)13)10-16-7(9(14)15)8(19-10)11(17)18/h1-3,9H,(H,17,18). The molecule has 4 nitrogen and oxygen atoms in total. The first-order valence-corrected chi connectivity index (χ1v) is 5.63. The number of rotatable bonds is 3. The molecule has 1 heterocycles. The first-order valence-electron chi connectivity index (χ1n) is 4.87. The van der Waals surface area contributed by atoms with E-state index in [2.05, 4.69) is 4.98 Å². The van der Waals surface area contributed by atoms with Crippen molar-refractivity contribution < 1.29 is 23.1 Å². The largest absolute Gasteiger partial charge is 0.475 e. The third-order valence-corrected chi connectivity index (χ3v) is 2.96. The number of hydrogen-bond acceptors (Lipinski definition) is 3. The molecule has 1 aromatic heterocycles. The lowest BCUT2D eigenvalue weighted by atomic mass is 10.2. The summed E-state index contributed by atoms with van der Waals surface area (Å²) in [5, 5.41) is 9.20. The SMILES string of the molecule is O=C(O)c1oc(-c2ccc(Cl)c(Cl)c2)nc1C(F)F. The molecule has 0 fully saturated rings. The lowest BCUT2D eigenvalue weighted by Crippen LogP contribution is -1.99. The van der Waals surface area contributed by atoms with Crippen LogP contribution in [-0.2, 0) is 0 Å². The second-order valence-corrected chi connectivity index (χ2v) is 4.28. The van der Waals surface area contributed by atoms with Gasteiger partial charge in [-0.2, -0.15) is 0 Å². The van der Waals surface area contributed by atoms with E-state index in [1.165, 1.54) is 18.2 Å². The number of benzene rings is 1. The first-order chi connectivity index (χ1) is 8.90. The highest BCUT2D eigenvalue weighted by Gasteiger charge is 2.26. The average molecular weight is 308 g/mol.